The fraction of sp³-hybridized carbons (Fsp3) is 0.0714. The topological polar surface area (TPSA) is 74.6 Å². The number of benzene rings is 4. The molecule has 182 valence electrons. The van der Waals surface area contributed by atoms with Gasteiger partial charge in [-0.15, -0.1) is 0 Å². The molecule has 4 aromatic carbocycles. The van der Waals surface area contributed by atoms with Crippen LogP contribution in [0.3, 0.4) is 0 Å². The largest absolute Gasteiger partial charge is 0.481 e. The van der Waals surface area contributed by atoms with Crippen molar-refractivity contribution in [3.8, 4) is 0 Å². The van der Waals surface area contributed by atoms with E-state index in [0.717, 1.165) is 21.2 Å². The molecule has 0 saturated heterocycles. The third-order valence-electron chi connectivity index (χ3n) is 4.86. The van der Waals surface area contributed by atoms with Crippen LogP contribution >= 0.6 is 15.8 Å². The van der Waals surface area contributed by atoms with E-state index >= 15 is 0 Å². The van der Waals surface area contributed by atoms with E-state index in [0.29, 0.717) is 0 Å². The number of carboxylic acid groups (broad SMARTS) is 2. The Morgan fingerprint density at radius 1 is 0.457 bits per heavy atom. The van der Waals surface area contributed by atoms with Crippen molar-refractivity contribution < 1.29 is 36.3 Å². The maximum Gasteiger partial charge on any atom is 0.308 e. The molecular weight excluding hydrogens is 521 g/mol. The molecule has 0 unspecified atom stereocenters. The summed E-state index contributed by atoms with van der Waals surface area (Å²) in [6.45, 7) is 0. The van der Waals surface area contributed by atoms with Crippen LogP contribution in [-0.4, -0.2) is 34.5 Å². The van der Waals surface area contributed by atoms with Crippen LogP contribution in [0.25, 0.3) is 0 Å². The Bertz CT molecular complexity index is 987. The van der Waals surface area contributed by atoms with Crippen molar-refractivity contribution in [3.05, 3.63) is 121 Å². The van der Waals surface area contributed by atoms with Crippen LogP contribution in [0.5, 0.6) is 0 Å². The van der Waals surface area contributed by atoms with Crippen molar-refractivity contribution in [3.63, 3.8) is 0 Å². The van der Waals surface area contributed by atoms with Crippen LogP contribution in [0.2, 0.25) is 0 Å². The maximum atomic E-state index is 11.0. The van der Waals surface area contributed by atoms with Gasteiger partial charge in [0.1, 0.15) is 0 Å². The monoisotopic (exact) mass is 546 g/mol. The van der Waals surface area contributed by atoms with Crippen LogP contribution < -0.4 is 21.2 Å². The Hall–Kier alpha value is -2.83. The van der Waals surface area contributed by atoms with Gasteiger partial charge in [0.25, 0.3) is 0 Å². The summed E-state index contributed by atoms with van der Waals surface area (Å²) in [5.41, 5.74) is 0. The Labute approximate surface area is 218 Å². The van der Waals surface area contributed by atoms with E-state index in [1.807, 2.05) is 121 Å². The number of carboxylic acids is 2. The number of hydrogen-bond donors (Lipinski definition) is 2. The molecule has 0 atom stereocenters. The van der Waals surface area contributed by atoms with E-state index in [1.165, 1.54) is 0 Å². The standard InChI is InChI=1S/2C14H13O2P.Ni/c2*15-14(16)11-17(12-7-3-1-4-8-12)13-9-5-2-6-10-13;/h2*1-10H,11H2,(H,15,16);. The van der Waals surface area contributed by atoms with Crippen LogP contribution in [0.4, 0.5) is 0 Å². The summed E-state index contributed by atoms with van der Waals surface area (Å²) in [6.07, 6.45) is 0.368. The molecule has 0 saturated carbocycles. The molecule has 0 aliphatic carbocycles. The molecule has 0 amide bonds. The minimum absolute atomic E-state index is 0. The van der Waals surface area contributed by atoms with E-state index in [-0.39, 0.29) is 28.8 Å². The second kappa shape index (κ2) is 15.2. The van der Waals surface area contributed by atoms with Gasteiger partial charge < -0.3 is 10.2 Å². The molecule has 35 heavy (non-hydrogen) atoms. The van der Waals surface area contributed by atoms with E-state index in [4.69, 9.17) is 10.2 Å². The van der Waals surface area contributed by atoms with Crippen LogP contribution in [0.15, 0.2) is 121 Å². The molecule has 0 aliphatic heterocycles. The second-order valence-corrected chi connectivity index (χ2v) is 11.7. The van der Waals surface area contributed by atoms with Gasteiger partial charge in [0.05, 0.1) is 12.3 Å². The van der Waals surface area contributed by atoms with Crippen molar-refractivity contribution in [2.75, 3.05) is 12.3 Å². The fourth-order valence-electron chi connectivity index (χ4n) is 3.37. The minimum Gasteiger partial charge on any atom is -0.481 e. The first kappa shape index (κ1) is 28.4. The first-order valence-electron chi connectivity index (χ1n) is 10.7. The number of hydrogen-bond acceptors (Lipinski definition) is 2. The second-order valence-electron chi connectivity index (χ2n) is 7.30. The van der Waals surface area contributed by atoms with E-state index in [1.54, 1.807) is 0 Å². The summed E-state index contributed by atoms with van der Waals surface area (Å²) in [5.74, 6) is -1.49. The van der Waals surface area contributed by atoms with E-state index in [9.17, 15) is 9.59 Å². The Kier molecular flexibility index (Phi) is 12.4. The predicted molar refractivity (Wildman–Crippen MR) is 143 cm³/mol. The van der Waals surface area contributed by atoms with Gasteiger partial charge in [0.15, 0.2) is 0 Å². The van der Waals surface area contributed by atoms with Crippen molar-refractivity contribution in [1.82, 2.24) is 0 Å². The quantitative estimate of drug-likeness (QED) is 0.254. The number of aliphatic carboxylic acids is 2. The van der Waals surface area contributed by atoms with Gasteiger partial charge >= 0.3 is 11.9 Å². The zero-order valence-electron chi connectivity index (χ0n) is 18.9. The summed E-state index contributed by atoms with van der Waals surface area (Å²) in [4.78, 5) is 21.9. The molecule has 0 bridgehead atoms. The van der Waals surface area contributed by atoms with Crippen molar-refractivity contribution in [2.45, 2.75) is 0 Å². The summed E-state index contributed by atoms with van der Waals surface area (Å²) < 4.78 is 0. The van der Waals surface area contributed by atoms with Crippen LogP contribution in [0, 0.1) is 0 Å². The fourth-order valence-corrected chi connectivity index (χ4v) is 7.36. The molecule has 4 aromatic rings. The first-order valence-corrected chi connectivity index (χ1v) is 13.8. The van der Waals surface area contributed by atoms with Crippen molar-refractivity contribution >= 4 is 49.0 Å². The third-order valence-corrected chi connectivity index (χ3v) is 9.72. The zero-order chi connectivity index (χ0) is 24.2. The molecule has 0 aliphatic rings. The molecule has 4 rings (SSSR count). The third kappa shape index (κ3) is 9.38. The Balaban J connectivity index is 0.000000240. The molecule has 4 nitrogen and oxygen atoms in total. The predicted octanol–water partition coefficient (Wildman–Crippen LogP) is 4.41. The van der Waals surface area contributed by atoms with E-state index in [2.05, 4.69) is 0 Å². The van der Waals surface area contributed by atoms with Crippen LogP contribution in [-0.2, 0) is 26.1 Å². The van der Waals surface area contributed by atoms with Gasteiger partial charge in [-0.2, -0.15) is 0 Å². The molecule has 0 spiro atoms. The zero-order valence-corrected chi connectivity index (χ0v) is 21.7. The molecule has 0 heterocycles. The first-order chi connectivity index (χ1) is 16.5. The SMILES string of the molecule is O=C(O)CP(c1ccccc1)c1ccccc1.O=C(O)CP(c1ccccc1)c1ccccc1.[Ni]. The van der Waals surface area contributed by atoms with Crippen LogP contribution in [0.1, 0.15) is 0 Å². The maximum absolute atomic E-state index is 11.0. The van der Waals surface area contributed by atoms with Gasteiger partial charge in [-0.3, -0.25) is 9.59 Å². The average Bonchev–Trinajstić information content (AvgIpc) is 2.88. The molecule has 7 heteroatoms. The van der Waals surface area contributed by atoms with Gasteiger partial charge in [0, 0.05) is 16.5 Å². The molecule has 0 aromatic heterocycles. The van der Waals surface area contributed by atoms with Crippen molar-refractivity contribution in [2.24, 2.45) is 0 Å². The average molecular weight is 547 g/mol. The molecule has 2 N–H and O–H groups in total. The molecule has 0 fully saturated rings. The van der Waals surface area contributed by atoms with Gasteiger partial charge in [0.2, 0.25) is 0 Å². The summed E-state index contributed by atoms with van der Waals surface area (Å²) in [7, 11) is -1.58. The number of carbonyl (C=O) groups is 2. The smallest absolute Gasteiger partial charge is 0.308 e. The Morgan fingerprint density at radius 2 is 0.657 bits per heavy atom. The van der Waals surface area contributed by atoms with Gasteiger partial charge in [-0.1, -0.05) is 121 Å². The number of rotatable bonds is 8. The summed E-state index contributed by atoms with van der Waals surface area (Å²) in [5, 5.41) is 22.5. The van der Waals surface area contributed by atoms with Gasteiger partial charge in [-0.05, 0) is 37.1 Å². The summed E-state index contributed by atoms with van der Waals surface area (Å²) >= 11 is 0. The normalized spacial score (nSPS) is 10.1. The summed E-state index contributed by atoms with van der Waals surface area (Å²) in [6, 6.07) is 39.4. The Morgan fingerprint density at radius 3 is 0.829 bits per heavy atom. The van der Waals surface area contributed by atoms with Gasteiger partial charge in [-0.25, -0.2) is 0 Å². The molecule has 0 radical (unpaired) electrons. The molecular formula is C28H26NiO4P2. The minimum atomic E-state index is -0.790. The van der Waals surface area contributed by atoms with Crippen molar-refractivity contribution in [1.29, 1.82) is 0 Å². The van der Waals surface area contributed by atoms with E-state index < -0.39 is 27.8 Å².